The molecule has 1 unspecified atom stereocenters. The molecule has 0 radical (unpaired) electrons. The first-order valence-corrected chi connectivity index (χ1v) is 10.4. The molecule has 0 spiro atoms. The highest BCUT2D eigenvalue weighted by molar-refractivity contribution is 9.10. The van der Waals surface area contributed by atoms with Crippen LogP contribution < -0.4 is 0 Å². The number of likely N-dealkylation sites (tertiary alicyclic amines) is 1. The van der Waals surface area contributed by atoms with Gasteiger partial charge >= 0.3 is 18.0 Å². The summed E-state index contributed by atoms with van der Waals surface area (Å²) in [5, 5.41) is 10.2. The summed E-state index contributed by atoms with van der Waals surface area (Å²) >= 11 is 3.28. The Kier molecular flexibility index (Phi) is 7.28. The zero-order valence-electron chi connectivity index (χ0n) is 17.4. The van der Waals surface area contributed by atoms with Crippen LogP contribution in [0.2, 0.25) is 0 Å². The van der Waals surface area contributed by atoms with Crippen molar-refractivity contribution >= 4 is 39.7 Å². The maximum atomic E-state index is 13.4. The van der Waals surface area contributed by atoms with Crippen molar-refractivity contribution in [1.29, 1.82) is 0 Å². The van der Waals surface area contributed by atoms with Crippen molar-refractivity contribution in [2.45, 2.75) is 51.7 Å². The Morgan fingerprint density at radius 1 is 1.20 bits per heavy atom. The smallest absolute Gasteiger partial charge is 0.411 e. The number of benzene rings is 1. The molecule has 8 nitrogen and oxygen atoms in total. The second-order valence-corrected chi connectivity index (χ2v) is 8.94. The van der Waals surface area contributed by atoms with E-state index in [2.05, 4.69) is 15.9 Å². The van der Waals surface area contributed by atoms with E-state index in [9.17, 15) is 24.3 Å². The highest BCUT2D eigenvalue weighted by Crippen LogP contribution is 2.40. The van der Waals surface area contributed by atoms with E-state index < -0.39 is 40.9 Å². The van der Waals surface area contributed by atoms with Crippen LogP contribution in [0.5, 0.6) is 0 Å². The predicted molar refractivity (Wildman–Crippen MR) is 111 cm³/mol. The Morgan fingerprint density at radius 2 is 1.80 bits per heavy atom. The molecule has 1 aliphatic rings. The van der Waals surface area contributed by atoms with Gasteiger partial charge < -0.3 is 14.6 Å². The van der Waals surface area contributed by atoms with Crippen LogP contribution in [0.3, 0.4) is 0 Å². The third-order valence-corrected chi connectivity index (χ3v) is 5.32. The van der Waals surface area contributed by atoms with E-state index in [4.69, 9.17) is 9.47 Å². The lowest BCUT2D eigenvalue weighted by Crippen LogP contribution is -2.62. The number of esters is 1. The van der Waals surface area contributed by atoms with Gasteiger partial charge in [-0.1, -0.05) is 28.1 Å². The first-order valence-electron chi connectivity index (χ1n) is 9.64. The number of aliphatic carboxylic acids is 1. The standard InChI is InChI=1S/C21H26BrNO7/c1-5-29-17(25)15(16(24)13-7-9-14(22)10-8-13)21(18(26)27)11-6-12-23(21)19(28)30-20(2,3)4/h7-10,15H,5-6,11-12H2,1-4H3,(H,26,27)/t15-,21?/m0/s1. The maximum Gasteiger partial charge on any atom is 0.411 e. The SMILES string of the molecule is CCOC(=O)[C@H](C(=O)c1ccc(Br)cc1)C1(C(=O)O)CCCN1C(=O)OC(C)(C)C. The van der Waals surface area contributed by atoms with Gasteiger partial charge in [-0.15, -0.1) is 0 Å². The topological polar surface area (TPSA) is 110 Å². The first kappa shape index (κ1) is 23.9. The molecule has 2 rings (SSSR count). The number of hydrogen-bond acceptors (Lipinski definition) is 6. The van der Waals surface area contributed by atoms with Crippen LogP contribution in [-0.4, -0.2) is 58.1 Å². The molecule has 1 aromatic carbocycles. The second kappa shape index (κ2) is 9.16. The summed E-state index contributed by atoms with van der Waals surface area (Å²) in [6.07, 6.45) is -0.664. The van der Waals surface area contributed by atoms with E-state index in [-0.39, 0.29) is 25.1 Å². The Hall–Kier alpha value is -2.42. The molecule has 1 fully saturated rings. The number of carbonyl (C=O) groups is 4. The Bertz CT molecular complexity index is 831. The van der Waals surface area contributed by atoms with Gasteiger partial charge in [0.05, 0.1) is 6.61 Å². The Morgan fingerprint density at radius 3 is 2.30 bits per heavy atom. The number of carboxylic acid groups (broad SMARTS) is 1. The van der Waals surface area contributed by atoms with Crippen molar-refractivity contribution in [1.82, 2.24) is 4.90 Å². The van der Waals surface area contributed by atoms with Gasteiger partial charge in [-0.05, 0) is 52.7 Å². The second-order valence-electron chi connectivity index (χ2n) is 8.02. The Balaban J connectivity index is 2.59. The molecule has 9 heteroatoms. The molecule has 0 aromatic heterocycles. The van der Waals surface area contributed by atoms with Crippen LogP contribution in [0, 0.1) is 5.92 Å². The number of ketones is 1. The van der Waals surface area contributed by atoms with Crippen molar-refractivity contribution in [3.63, 3.8) is 0 Å². The normalized spacial score (nSPS) is 19.8. The molecule has 1 aromatic rings. The molecular formula is C21H26BrNO7. The number of hydrogen-bond donors (Lipinski definition) is 1. The molecule has 1 aliphatic heterocycles. The minimum Gasteiger partial charge on any atom is -0.479 e. The molecule has 1 heterocycles. The number of carboxylic acids is 1. The summed E-state index contributed by atoms with van der Waals surface area (Å²) in [4.78, 5) is 52.6. The molecule has 164 valence electrons. The molecule has 0 aliphatic carbocycles. The quantitative estimate of drug-likeness (QED) is 0.373. The number of Topliss-reactive ketones (excluding diaryl/α,β-unsaturated/α-hetero) is 1. The van der Waals surface area contributed by atoms with Gasteiger partial charge in [0, 0.05) is 16.6 Å². The van der Waals surface area contributed by atoms with Crippen LogP contribution in [0.15, 0.2) is 28.7 Å². The maximum absolute atomic E-state index is 13.4. The largest absolute Gasteiger partial charge is 0.479 e. The predicted octanol–water partition coefficient (Wildman–Crippen LogP) is 3.67. The summed E-state index contributed by atoms with van der Waals surface area (Å²) in [7, 11) is 0. The fraction of sp³-hybridized carbons (Fsp3) is 0.524. The minimum absolute atomic E-state index is 0.0366. The number of ether oxygens (including phenoxy) is 2. The zero-order chi connectivity index (χ0) is 22.7. The van der Waals surface area contributed by atoms with Gasteiger partial charge in [-0.25, -0.2) is 9.59 Å². The summed E-state index contributed by atoms with van der Waals surface area (Å²) < 4.78 is 11.2. The monoisotopic (exact) mass is 483 g/mol. The van der Waals surface area contributed by atoms with Crippen LogP contribution >= 0.6 is 15.9 Å². The fourth-order valence-electron chi connectivity index (χ4n) is 3.58. The molecule has 1 N–H and O–H groups in total. The lowest BCUT2D eigenvalue weighted by molar-refractivity contribution is -0.163. The summed E-state index contributed by atoms with van der Waals surface area (Å²) in [5.74, 6) is -4.89. The number of rotatable bonds is 6. The van der Waals surface area contributed by atoms with Crippen molar-refractivity contribution in [3.8, 4) is 0 Å². The molecule has 2 atom stereocenters. The van der Waals surface area contributed by atoms with Gasteiger partial charge in [0.25, 0.3) is 0 Å². The van der Waals surface area contributed by atoms with Crippen LogP contribution in [0.1, 0.15) is 50.9 Å². The summed E-state index contributed by atoms with van der Waals surface area (Å²) in [5.41, 5.74) is -2.83. The highest BCUT2D eigenvalue weighted by atomic mass is 79.9. The molecular weight excluding hydrogens is 458 g/mol. The lowest BCUT2D eigenvalue weighted by Gasteiger charge is -2.39. The Labute approximate surface area is 183 Å². The molecule has 0 bridgehead atoms. The zero-order valence-corrected chi connectivity index (χ0v) is 19.0. The van der Waals surface area contributed by atoms with Crippen LogP contribution in [0.4, 0.5) is 4.79 Å². The van der Waals surface area contributed by atoms with Crippen molar-refractivity contribution in [3.05, 3.63) is 34.3 Å². The van der Waals surface area contributed by atoms with Gasteiger partial charge in [-0.3, -0.25) is 14.5 Å². The van der Waals surface area contributed by atoms with Crippen LogP contribution in [-0.2, 0) is 19.1 Å². The van der Waals surface area contributed by atoms with E-state index in [1.807, 2.05) is 0 Å². The number of amides is 1. The molecule has 0 saturated carbocycles. The lowest BCUT2D eigenvalue weighted by atomic mass is 9.77. The van der Waals surface area contributed by atoms with E-state index in [1.165, 1.54) is 12.1 Å². The van der Waals surface area contributed by atoms with Crippen molar-refractivity contribution in [2.24, 2.45) is 5.92 Å². The van der Waals surface area contributed by atoms with E-state index >= 15 is 0 Å². The number of carbonyl (C=O) groups excluding carboxylic acids is 3. The average molecular weight is 484 g/mol. The number of nitrogens with zero attached hydrogens (tertiary/aromatic N) is 1. The van der Waals surface area contributed by atoms with E-state index in [0.29, 0.717) is 6.42 Å². The van der Waals surface area contributed by atoms with Crippen molar-refractivity contribution < 1.29 is 33.8 Å². The minimum atomic E-state index is -2.10. The first-order chi connectivity index (χ1) is 13.9. The molecule has 1 saturated heterocycles. The van der Waals surface area contributed by atoms with Gasteiger partial charge in [0.2, 0.25) is 0 Å². The third-order valence-electron chi connectivity index (χ3n) is 4.80. The van der Waals surface area contributed by atoms with Gasteiger partial charge in [0.15, 0.2) is 17.2 Å². The molecule has 30 heavy (non-hydrogen) atoms. The average Bonchev–Trinajstić information content (AvgIpc) is 3.07. The van der Waals surface area contributed by atoms with Crippen molar-refractivity contribution in [2.75, 3.05) is 13.2 Å². The summed E-state index contributed by atoms with van der Waals surface area (Å²) in [6, 6.07) is 6.20. The molecule has 1 amide bonds. The van der Waals surface area contributed by atoms with Crippen LogP contribution in [0.25, 0.3) is 0 Å². The highest BCUT2D eigenvalue weighted by Gasteiger charge is 2.62. The third kappa shape index (κ3) is 4.83. The van der Waals surface area contributed by atoms with Gasteiger partial charge in [0.1, 0.15) is 5.60 Å². The summed E-state index contributed by atoms with van der Waals surface area (Å²) in [6.45, 7) is 6.53. The van der Waals surface area contributed by atoms with E-state index in [1.54, 1.807) is 39.8 Å². The van der Waals surface area contributed by atoms with Gasteiger partial charge in [-0.2, -0.15) is 0 Å². The fourth-order valence-corrected chi connectivity index (χ4v) is 3.85. The number of halogens is 1. The van der Waals surface area contributed by atoms with E-state index in [0.717, 1.165) is 9.37 Å².